The Balaban J connectivity index is 1.36. The third-order valence-corrected chi connectivity index (χ3v) is 5.74. The maximum atomic E-state index is 12.3. The molecule has 0 amide bonds. The molecule has 1 saturated heterocycles. The van der Waals surface area contributed by atoms with Gasteiger partial charge in [0, 0.05) is 44.0 Å². The van der Waals surface area contributed by atoms with Crippen LogP contribution in [0.25, 0.3) is 11.0 Å². The van der Waals surface area contributed by atoms with Crippen LogP contribution < -0.4 is 15.4 Å². The standard InChI is InChI=1S/C19H24N8O/c1-12-9-16(21-11-20-12)27(13-3-4-13)14-5-7-26(8-6-14)19-23-17-15(18(28)24-19)10-22-25(17)2/h9-11,13-14H,3-8H2,1-2H3,(H,23,24,28). The Kier molecular flexibility index (Phi) is 4.03. The van der Waals surface area contributed by atoms with Gasteiger partial charge in [0.2, 0.25) is 5.95 Å². The number of aromatic amines is 1. The maximum Gasteiger partial charge on any atom is 0.263 e. The summed E-state index contributed by atoms with van der Waals surface area (Å²) in [6, 6.07) is 3.12. The zero-order chi connectivity index (χ0) is 19.3. The summed E-state index contributed by atoms with van der Waals surface area (Å²) >= 11 is 0. The minimum Gasteiger partial charge on any atom is -0.350 e. The largest absolute Gasteiger partial charge is 0.350 e. The first-order valence-electron chi connectivity index (χ1n) is 9.84. The van der Waals surface area contributed by atoms with Crippen molar-refractivity contribution in [2.45, 2.75) is 44.7 Å². The average Bonchev–Trinajstić information content (AvgIpc) is 3.45. The first kappa shape index (κ1) is 17.2. The molecule has 28 heavy (non-hydrogen) atoms. The smallest absolute Gasteiger partial charge is 0.263 e. The number of H-pyrrole nitrogens is 1. The Morgan fingerprint density at radius 1 is 1.14 bits per heavy atom. The number of rotatable bonds is 4. The Morgan fingerprint density at radius 2 is 1.89 bits per heavy atom. The number of nitrogens with one attached hydrogen (secondary N) is 1. The monoisotopic (exact) mass is 380 g/mol. The second kappa shape index (κ2) is 6.57. The van der Waals surface area contributed by atoms with Crippen LogP contribution in [0, 0.1) is 6.92 Å². The SMILES string of the molecule is Cc1cc(N(C2CC2)C2CCN(c3nc4c(cnn4C)c(=O)[nH]3)CC2)ncn1. The predicted molar refractivity (Wildman–Crippen MR) is 107 cm³/mol. The number of nitrogens with zero attached hydrogens (tertiary/aromatic N) is 7. The molecule has 146 valence electrons. The normalized spacial score (nSPS) is 18.0. The van der Waals surface area contributed by atoms with E-state index in [2.05, 4.69) is 40.9 Å². The molecule has 4 heterocycles. The summed E-state index contributed by atoms with van der Waals surface area (Å²) in [5.74, 6) is 1.67. The molecule has 0 bridgehead atoms. The summed E-state index contributed by atoms with van der Waals surface area (Å²) in [7, 11) is 1.81. The van der Waals surface area contributed by atoms with Gasteiger partial charge in [-0.2, -0.15) is 10.1 Å². The Bertz CT molecular complexity index is 1060. The highest BCUT2D eigenvalue weighted by atomic mass is 16.1. The highest BCUT2D eigenvalue weighted by molar-refractivity contribution is 5.74. The van der Waals surface area contributed by atoms with Gasteiger partial charge in [-0.1, -0.05) is 0 Å². The molecule has 5 rings (SSSR count). The molecule has 0 spiro atoms. The summed E-state index contributed by atoms with van der Waals surface area (Å²) in [6.45, 7) is 3.71. The minimum atomic E-state index is -0.133. The number of hydrogen-bond donors (Lipinski definition) is 1. The molecule has 9 nitrogen and oxygen atoms in total. The maximum absolute atomic E-state index is 12.3. The molecular weight excluding hydrogens is 356 g/mol. The van der Waals surface area contributed by atoms with E-state index in [0.717, 1.165) is 37.4 Å². The summed E-state index contributed by atoms with van der Waals surface area (Å²) in [6.07, 6.45) is 7.70. The van der Waals surface area contributed by atoms with Crippen molar-refractivity contribution in [2.24, 2.45) is 7.05 Å². The lowest BCUT2D eigenvalue weighted by Gasteiger charge is -2.39. The van der Waals surface area contributed by atoms with Crippen molar-refractivity contribution >= 4 is 22.8 Å². The summed E-state index contributed by atoms with van der Waals surface area (Å²) in [5.41, 5.74) is 1.49. The van der Waals surface area contributed by atoms with Gasteiger partial charge in [0.15, 0.2) is 5.65 Å². The Hall–Kier alpha value is -2.97. The number of anilines is 2. The summed E-state index contributed by atoms with van der Waals surface area (Å²) in [5, 5.41) is 4.67. The highest BCUT2D eigenvalue weighted by Crippen LogP contribution is 2.35. The summed E-state index contributed by atoms with van der Waals surface area (Å²) in [4.78, 5) is 33.3. The van der Waals surface area contributed by atoms with E-state index in [4.69, 9.17) is 0 Å². The molecule has 3 aromatic heterocycles. The molecule has 0 radical (unpaired) electrons. The molecule has 3 aromatic rings. The fraction of sp³-hybridized carbons (Fsp3) is 0.526. The van der Waals surface area contributed by atoms with Crippen molar-refractivity contribution in [2.75, 3.05) is 22.9 Å². The first-order chi connectivity index (χ1) is 13.6. The van der Waals surface area contributed by atoms with Gasteiger partial charge in [-0.15, -0.1) is 0 Å². The van der Waals surface area contributed by atoms with Crippen LogP contribution in [0.5, 0.6) is 0 Å². The van der Waals surface area contributed by atoms with Crippen molar-refractivity contribution < 1.29 is 0 Å². The zero-order valence-corrected chi connectivity index (χ0v) is 16.2. The second-order valence-corrected chi connectivity index (χ2v) is 7.77. The van der Waals surface area contributed by atoms with Crippen LogP contribution in [0.3, 0.4) is 0 Å². The molecule has 0 unspecified atom stereocenters. The van der Waals surface area contributed by atoms with E-state index >= 15 is 0 Å². The van der Waals surface area contributed by atoms with Crippen molar-refractivity contribution in [3.8, 4) is 0 Å². The number of aromatic nitrogens is 6. The highest BCUT2D eigenvalue weighted by Gasteiger charge is 2.36. The van der Waals surface area contributed by atoms with Gasteiger partial charge in [-0.05, 0) is 32.6 Å². The minimum absolute atomic E-state index is 0.133. The van der Waals surface area contributed by atoms with Crippen molar-refractivity contribution in [3.05, 3.63) is 34.6 Å². The fourth-order valence-electron chi connectivity index (χ4n) is 4.13. The average molecular weight is 380 g/mol. The van der Waals surface area contributed by atoms with Crippen LogP contribution in [-0.2, 0) is 7.05 Å². The van der Waals surface area contributed by atoms with Crippen LogP contribution in [0.4, 0.5) is 11.8 Å². The van der Waals surface area contributed by atoms with E-state index in [-0.39, 0.29) is 5.56 Å². The molecule has 0 aromatic carbocycles. The topological polar surface area (TPSA) is 95.8 Å². The lowest BCUT2D eigenvalue weighted by atomic mass is 10.0. The number of hydrogen-bond acceptors (Lipinski definition) is 7. The van der Waals surface area contributed by atoms with Crippen LogP contribution >= 0.6 is 0 Å². The van der Waals surface area contributed by atoms with Crippen LogP contribution in [0.2, 0.25) is 0 Å². The van der Waals surface area contributed by atoms with Gasteiger partial charge < -0.3 is 9.80 Å². The van der Waals surface area contributed by atoms with Crippen molar-refractivity contribution in [1.29, 1.82) is 0 Å². The lowest BCUT2D eigenvalue weighted by Crippen LogP contribution is -2.47. The molecule has 1 N–H and O–H groups in total. The van der Waals surface area contributed by atoms with Gasteiger partial charge in [0.25, 0.3) is 5.56 Å². The van der Waals surface area contributed by atoms with Crippen molar-refractivity contribution in [3.63, 3.8) is 0 Å². The molecule has 9 heteroatoms. The first-order valence-corrected chi connectivity index (χ1v) is 9.84. The summed E-state index contributed by atoms with van der Waals surface area (Å²) < 4.78 is 1.65. The fourth-order valence-corrected chi connectivity index (χ4v) is 4.13. The molecule has 1 aliphatic heterocycles. The third kappa shape index (κ3) is 3.00. The van der Waals surface area contributed by atoms with Gasteiger partial charge in [0.05, 0.1) is 6.20 Å². The zero-order valence-electron chi connectivity index (χ0n) is 16.2. The van der Waals surface area contributed by atoms with Crippen molar-refractivity contribution in [1.82, 2.24) is 29.7 Å². The van der Waals surface area contributed by atoms with E-state index in [1.165, 1.54) is 12.8 Å². The molecule has 1 saturated carbocycles. The van der Waals surface area contributed by atoms with Crippen LogP contribution in [-0.4, -0.2) is 54.9 Å². The van der Waals surface area contributed by atoms with Crippen LogP contribution in [0.15, 0.2) is 23.4 Å². The van der Waals surface area contributed by atoms with Gasteiger partial charge in [-0.3, -0.25) is 14.5 Å². The third-order valence-electron chi connectivity index (χ3n) is 5.74. The van der Waals surface area contributed by atoms with Crippen LogP contribution in [0.1, 0.15) is 31.4 Å². The van der Waals surface area contributed by atoms with Gasteiger partial charge in [-0.25, -0.2) is 9.97 Å². The quantitative estimate of drug-likeness (QED) is 0.731. The number of fused-ring (bicyclic) bond motifs is 1. The van der Waals surface area contributed by atoms with E-state index in [1.54, 1.807) is 17.2 Å². The van der Waals surface area contributed by atoms with Gasteiger partial charge >= 0.3 is 0 Å². The van der Waals surface area contributed by atoms with E-state index in [9.17, 15) is 4.79 Å². The number of piperidine rings is 1. The molecule has 0 atom stereocenters. The lowest BCUT2D eigenvalue weighted by molar-refractivity contribution is 0.455. The van der Waals surface area contributed by atoms with E-state index in [0.29, 0.717) is 29.1 Å². The van der Waals surface area contributed by atoms with E-state index in [1.807, 2.05) is 14.0 Å². The Morgan fingerprint density at radius 3 is 2.61 bits per heavy atom. The molecular formula is C19H24N8O. The predicted octanol–water partition coefficient (Wildman–Crippen LogP) is 1.39. The van der Waals surface area contributed by atoms with Gasteiger partial charge in [0.1, 0.15) is 17.5 Å². The second-order valence-electron chi connectivity index (χ2n) is 7.77. The molecule has 1 aliphatic carbocycles. The molecule has 2 fully saturated rings. The molecule has 2 aliphatic rings. The number of aryl methyl sites for hydroxylation is 2. The Labute approximate surface area is 162 Å². The van der Waals surface area contributed by atoms with E-state index < -0.39 is 0 Å².